The number of carbonyl (C=O) groups excluding carboxylic acids is 1. The van der Waals surface area contributed by atoms with Crippen LogP contribution in [0.25, 0.3) is 0 Å². The summed E-state index contributed by atoms with van der Waals surface area (Å²) in [5.74, 6) is 0.532. The molecule has 8 nitrogen and oxygen atoms in total. The maximum Gasteiger partial charge on any atom is 0.263 e. The van der Waals surface area contributed by atoms with Crippen molar-refractivity contribution in [3.63, 3.8) is 0 Å². The molecule has 0 atom stereocenters. The second-order valence-electron chi connectivity index (χ2n) is 8.12. The average Bonchev–Trinajstić information content (AvgIpc) is 3.04. The maximum atomic E-state index is 12.1. The molecule has 2 heterocycles. The first kappa shape index (κ1) is 23.7. The van der Waals surface area contributed by atoms with Gasteiger partial charge in [0.1, 0.15) is 5.84 Å². The van der Waals surface area contributed by atoms with Crippen molar-refractivity contribution in [2.45, 2.75) is 43.9 Å². The zero-order valence-electron chi connectivity index (χ0n) is 18.5. The molecule has 0 saturated carbocycles. The number of nitrogens with one attached hydrogen (secondary N) is 2. The summed E-state index contributed by atoms with van der Waals surface area (Å²) in [6, 6.07) is 6.87. The zero-order valence-corrected chi connectivity index (χ0v) is 19.3. The van der Waals surface area contributed by atoms with Gasteiger partial charge >= 0.3 is 0 Å². The molecular formula is C22H35N5O3S. The standard InChI is InChI=1S/C22H35N5O3S/c1-2-26-15-17-27(18-16-26)14-8-13-23-21(28)11-4-3-7-12-24-22-19-9-5-6-10-20(19)31(29,30)25-22/h5-6,9-10H,2-4,7-8,11-18H2,1H3,(H,23,28)(H,24,25). The van der Waals surface area contributed by atoms with Crippen molar-refractivity contribution >= 4 is 21.8 Å². The predicted octanol–water partition coefficient (Wildman–Crippen LogP) is 1.43. The van der Waals surface area contributed by atoms with E-state index in [2.05, 4.69) is 31.8 Å². The quantitative estimate of drug-likeness (QED) is 0.499. The molecule has 31 heavy (non-hydrogen) atoms. The van der Waals surface area contributed by atoms with Crippen LogP contribution in [0.5, 0.6) is 0 Å². The van der Waals surface area contributed by atoms with Crippen LogP contribution >= 0.6 is 0 Å². The molecule has 1 aromatic carbocycles. The second kappa shape index (κ2) is 11.6. The predicted molar refractivity (Wildman–Crippen MR) is 123 cm³/mol. The highest BCUT2D eigenvalue weighted by Crippen LogP contribution is 2.22. The fourth-order valence-corrected chi connectivity index (χ4v) is 5.22. The minimum atomic E-state index is -3.47. The number of amides is 1. The topological polar surface area (TPSA) is 94.1 Å². The van der Waals surface area contributed by atoms with Crippen LogP contribution in [0.15, 0.2) is 34.2 Å². The Balaban J connectivity index is 1.23. The minimum Gasteiger partial charge on any atom is -0.356 e. The number of benzene rings is 1. The average molecular weight is 450 g/mol. The van der Waals surface area contributed by atoms with Gasteiger partial charge < -0.3 is 15.1 Å². The van der Waals surface area contributed by atoms with Gasteiger partial charge in [-0.15, -0.1) is 0 Å². The molecule has 1 fully saturated rings. The molecule has 2 N–H and O–H groups in total. The number of rotatable bonds is 11. The first-order chi connectivity index (χ1) is 15.0. The van der Waals surface area contributed by atoms with E-state index in [1.54, 1.807) is 18.2 Å². The Labute approximate surface area is 186 Å². The fraction of sp³-hybridized carbons (Fsp3) is 0.636. The van der Waals surface area contributed by atoms with Crippen LogP contribution in [-0.4, -0.2) is 82.3 Å². The molecule has 172 valence electrons. The van der Waals surface area contributed by atoms with Crippen molar-refractivity contribution in [3.05, 3.63) is 29.8 Å². The number of fused-ring (bicyclic) bond motifs is 1. The SMILES string of the molecule is CCN1CCN(CCCNC(=O)CCCCCN=C2NS(=O)(=O)c3ccccc32)CC1. The van der Waals surface area contributed by atoms with E-state index in [0.29, 0.717) is 24.4 Å². The number of sulfonamides is 1. The number of carbonyl (C=O) groups is 1. The third kappa shape index (κ3) is 7.02. The number of hydrogen-bond acceptors (Lipinski definition) is 6. The summed E-state index contributed by atoms with van der Waals surface area (Å²) in [5, 5.41) is 3.02. The van der Waals surface area contributed by atoms with Crippen molar-refractivity contribution in [2.24, 2.45) is 4.99 Å². The number of amidine groups is 1. The minimum absolute atomic E-state index is 0.111. The fourth-order valence-electron chi connectivity index (χ4n) is 3.96. The third-order valence-electron chi connectivity index (χ3n) is 5.88. The lowest BCUT2D eigenvalue weighted by atomic mass is 10.2. The largest absolute Gasteiger partial charge is 0.356 e. The molecule has 3 rings (SSSR count). The summed E-state index contributed by atoms with van der Waals surface area (Å²) in [5.41, 5.74) is 0.633. The number of hydrogen-bond donors (Lipinski definition) is 2. The molecule has 2 aliphatic heterocycles. The van der Waals surface area contributed by atoms with Gasteiger partial charge in [0.15, 0.2) is 0 Å². The van der Waals surface area contributed by atoms with Crippen molar-refractivity contribution in [1.82, 2.24) is 19.8 Å². The molecule has 0 aromatic heterocycles. The highest BCUT2D eigenvalue weighted by molar-refractivity contribution is 7.90. The molecular weight excluding hydrogens is 414 g/mol. The van der Waals surface area contributed by atoms with E-state index in [1.165, 1.54) is 0 Å². The highest BCUT2D eigenvalue weighted by atomic mass is 32.2. The first-order valence-corrected chi connectivity index (χ1v) is 12.9. The van der Waals surface area contributed by atoms with E-state index in [4.69, 9.17) is 0 Å². The van der Waals surface area contributed by atoms with Crippen molar-refractivity contribution in [1.29, 1.82) is 0 Å². The second-order valence-corrected chi connectivity index (χ2v) is 9.77. The Hall–Kier alpha value is -1.97. The summed E-state index contributed by atoms with van der Waals surface area (Å²) in [4.78, 5) is 21.6. The van der Waals surface area contributed by atoms with E-state index in [1.807, 2.05) is 6.07 Å². The van der Waals surface area contributed by atoms with Crippen LogP contribution < -0.4 is 10.0 Å². The molecule has 0 unspecified atom stereocenters. The van der Waals surface area contributed by atoms with Gasteiger partial charge in [0.25, 0.3) is 10.0 Å². The Morgan fingerprint density at radius 1 is 1.06 bits per heavy atom. The van der Waals surface area contributed by atoms with E-state index in [0.717, 1.165) is 71.5 Å². The van der Waals surface area contributed by atoms with Gasteiger partial charge in [-0.3, -0.25) is 14.5 Å². The van der Waals surface area contributed by atoms with Crippen LogP contribution in [0, 0.1) is 0 Å². The number of piperazine rings is 1. The Bertz CT molecular complexity index is 864. The Morgan fingerprint density at radius 2 is 1.81 bits per heavy atom. The van der Waals surface area contributed by atoms with E-state index < -0.39 is 10.0 Å². The molecule has 0 aliphatic carbocycles. The monoisotopic (exact) mass is 449 g/mol. The smallest absolute Gasteiger partial charge is 0.263 e. The Kier molecular flexibility index (Phi) is 8.86. The molecule has 9 heteroatoms. The van der Waals surface area contributed by atoms with Gasteiger partial charge in [0.05, 0.1) is 4.90 Å². The Morgan fingerprint density at radius 3 is 2.58 bits per heavy atom. The van der Waals surface area contributed by atoms with Crippen molar-refractivity contribution in [2.75, 3.05) is 52.4 Å². The van der Waals surface area contributed by atoms with Gasteiger partial charge in [0.2, 0.25) is 5.91 Å². The number of nitrogens with zero attached hydrogens (tertiary/aromatic N) is 3. The molecule has 1 aromatic rings. The molecule has 1 saturated heterocycles. The van der Waals surface area contributed by atoms with Crippen molar-refractivity contribution in [3.8, 4) is 0 Å². The van der Waals surface area contributed by atoms with Gasteiger partial charge in [0, 0.05) is 51.3 Å². The summed E-state index contributed by atoms with van der Waals surface area (Å²) < 4.78 is 26.6. The van der Waals surface area contributed by atoms with Crippen LogP contribution in [0.3, 0.4) is 0 Å². The molecule has 0 bridgehead atoms. The maximum absolute atomic E-state index is 12.1. The van der Waals surface area contributed by atoms with E-state index >= 15 is 0 Å². The molecule has 0 radical (unpaired) electrons. The zero-order chi connectivity index (χ0) is 22.1. The van der Waals surface area contributed by atoms with Crippen LogP contribution in [0.1, 0.15) is 44.6 Å². The van der Waals surface area contributed by atoms with Gasteiger partial charge in [-0.25, -0.2) is 8.42 Å². The van der Waals surface area contributed by atoms with Gasteiger partial charge in [-0.2, -0.15) is 0 Å². The number of likely N-dealkylation sites (N-methyl/N-ethyl adjacent to an activating group) is 1. The van der Waals surface area contributed by atoms with E-state index in [9.17, 15) is 13.2 Å². The summed E-state index contributed by atoms with van der Waals surface area (Å²) in [7, 11) is -3.47. The van der Waals surface area contributed by atoms with Crippen LogP contribution in [0.2, 0.25) is 0 Å². The lowest BCUT2D eigenvalue weighted by Crippen LogP contribution is -2.46. The van der Waals surface area contributed by atoms with Gasteiger partial charge in [-0.05, 0) is 44.5 Å². The normalized spacial score (nSPS) is 19.8. The molecule has 2 aliphatic rings. The van der Waals surface area contributed by atoms with Crippen LogP contribution in [-0.2, 0) is 14.8 Å². The lowest BCUT2D eigenvalue weighted by Gasteiger charge is -2.33. The summed E-state index contributed by atoms with van der Waals surface area (Å²) >= 11 is 0. The van der Waals surface area contributed by atoms with Crippen molar-refractivity contribution < 1.29 is 13.2 Å². The summed E-state index contributed by atoms with van der Waals surface area (Å²) in [6.07, 6.45) is 4.05. The third-order valence-corrected chi connectivity index (χ3v) is 7.28. The number of unbranched alkanes of at least 4 members (excludes halogenated alkanes) is 2. The van der Waals surface area contributed by atoms with E-state index in [-0.39, 0.29) is 10.8 Å². The van der Waals surface area contributed by atoms with Gasteiger partial charge in [-0.1, -0.05) is 25.5 Å². The first-order valence-electron chi connectivity index (χ1n) is 11.4. The number of aliphatic imine (C=N–C) groups is 1. The molecule has 1 amide bonds. The van der Waals surface area contributed by atoms with Crippen LogP contribution in [0.4, 0.5) is 0 Å². The highest BCUT2D eigenvalue weighted by Gasteiger charge is 2.29. The summed E-state index contributed by atoms with van der Waals surface area (Å²) in [6.45, 7) is 10.2. The molecule has 0 spiro atoms. The lowest BCUT2D eigenvalue weighted by molar-refractivity contribution is -0.121.